The number of ketones is 2. The van der Waals surface area contributed by atoms with Crippen molar-refractivity contribution in [3.8, 4) is 0 Å². The van der Waals surface area contributed by atoms with Gasteiger partial charge in [-0.3, -0.25) is 24.0 Å². The summed E-state index contributed by atoms with van der Waals surface area (Å²) in [5.41, 5.74) is 4.45. The third-order valence-electron chi connectivity index (χ3n) is 6.67. The third-order valence-corrected chi connectivity index (χ3v) is 6.67. The zero-order valence-corrected chi connectivity index (χ0v) is 26.5. The number of carbonyl (C=O) groups excluding carboxylic acids is 3. The lowest BCUT2D eigenvalue weighted by Gasteiger charge is -2.17. The molecule has 1 amide bonds. The summed E-state index contributed by atoms with van der Waals surface area (Å²) in [4.78, 5) is 58.4. The molecule has 0 saturated carbocycles. The fourth-order valence-corrected chi connectivity index (χ4v) is 4.36. The molecule has 3 rings (SSSR count). The quantitative estimate of drug-likeness (QED) is 0.162. The molecular weight excluding hydrogens is 642 g/mol. The molecule has 0 saturated heterocycles. The van der Waals surface area contributed by atoms with E-state index in [0.717, 1.165) is 12.1 Å². The number of nitrogens with two attached hydrogens (primary N) is 1. The SMILES string of the molecule is CCOC1=CC(=O)CC=C1c1ccc(CC(=O)Nc2cc(C(=O)CCCN(C)C)cc(C(F)(F)F)c2)c(F)c1.N[C@@H](CC(=O)O)C(=O)O. The molecule has 0 radical (unpaired) electrons. The van der Waals surface area contributed by atoms with Crippen LogP contribution >= 0.6 is 0 Å². The number of rotatable bonds is 14. The van der Waals surface area contributed by atoms with E-state index in [1.165, 1.54) is 24.3 Å². The second-order valence-corrected chi connectivity index (χ2v) is 10.9. The maximum absolute atomic E-state index is 14.9. The number of nitrogens with one attached hydrogen (secondary N) is 1. The molecule has 1 aliphatic carbocycles. The molecule has 0 spiro atoms. The summed E-state index contributed by atoms with van der Waals surface area (Å²) in [6.07, 6.45) is -2.04. The van der Waals surface area contributed by atoms with Crippen LogP contribution in [0, 0.1) is 5.82 Å². The number of halogens is 4. The van der Waals surface area contributed by atoms with Crippen molar-refractivity contribution >= 4 is 40.7 Å². The van der Waals surface area contributed by atoms with Crippen LogP contribution in [-0.2, 0) is 36.5 Å². The number of carboxylic acid groups (broad SMARTS) is 2. The Bertz CT molecular complexity index is 1580. The highest BCUT2D eigenvalue weighted by Crippen LogP contribution is 2.33. The highest BCUT2D eigenvalue weighted by molar-refractivity contribution is 6.00. The highest BCUT2D eigenvalue weighted by Gasteiger charge is 2.32. The van der Waals surface area contributed by atoms with E-state index in [4.69, 9.17) is 20.7 Å². The molecule has 1 atom stereocenters. The highest BCUT2D eigenvalue weighted by atomic mass is 19.4. The number of hydrogen-bond acceptors (Lipinski definition) is 8. The van der Waals surface area contributed by atoms with Gasteiger partial charge in [-0.25, -0.2) is 4.39 Å². The Morgan fingerprint density at radius 2 is 1.77 bits per heavy atom. The number of carboxylic acids is 2. The normalized spacial score (nSPS) is 13.5. The molecule has 2 aromatic carbocycles. The van der Waals surface area contributed by atoms with Crippen LogP contribution in [-0.4, -0.2) is 77.8 Å². The van der Waals surface area contributed by atoms with Gasteiger partial charge in [0.2, 0.25) is 5.91 Å². The molecule has 0 fully saturated rings. The maximum Gasteiger partial charge on any atom is 0.416 e. The number of carbonyl (C=O) groups is 5. The van der Waals surface area contributed by atoms with Gasteiger partial charge < -0.3 is 30.9 Å². The number of aliphatic carboxylic acids is 2. The van der Waals surface area contributed by atoms with E-state index in [-0.39, 0.29) is 35.4 Å². The number of benzene rings is 2. The smallest absolute Gasteiger partial charge is 0.416 e. The topological polar surface area (TPSA) is 176 Å². The van der Waals surface area contributed by atoms with Gasteiger partial charge in [0.1, 0.15) is 17.6 Å². The molecule has 0 bridgehead atoms. The first-order valence-electron chi connectivity index (χ1n) is 14.7. The van der Waals surface area contributed by atoms with Crippen LogP contribution in [0.5, 0.6) is 0 Å². The first-order chi connectivity index (χ1) is 22.4. The fourth-order valence-electron chi connectivity index (χ4n) is 4.36. The number of allylic oxidation sites excluding steroid dienone is 3. The van der Waals surface area contributed by atoms with Crippen molar-refractivity contribution < 1.29 is 56.5 Å². The Labute approximate surface area is 274 Å². The van der Waals surface area contributed by atoms with Crippen molar-refractivity contribution in [3.05, 3.63) is 82.4 Å². The summed E-state index contributed by atoms with van der Waals surface area (Å²) < 4.78 is 60.9. The monoisotopic (exact) mass is 679 g/mol. The summed E-state index contributed by atoms with van der Waals surface area (Å²) >= 11 is 0. The van der Waals surface area contributed by atoms with E-state index in [9.17, 15) is 41.5 Å². The number of ether oxygens (including phenoxy) is 1. The molecule has 0 unspecified atom stereocenters. The minimum atomic E-state index is -4.73. The second kappa shape index (κ2) is 17.9. The minimum absolute atomic E-state index is 0.0256. The fraction of sp³-hybridized carbons (Fsp3) is 0.364. The number of Topliss-reactive ketones (excluding diaryl/α,β-unsaturated/α-hetero) is 1. The predicted molar refractivity (Wildman–Crippen MR) is 167 cm³/mol. The van der Waals surface area contributed by atoms with Gasteiger partial charge in [0, 0.05) is 35.7 Å². The van der Waals surface area contributed by atoms with Gasteiger partial charge in [0.15, 0.2) is 11.6 Å². The average Bonchev–Trinajstić information content (AvgIpc) is 2.97. The molecule has 260 valence electrons. The van der Waals surface area contributed by atoms with Gasteiger partial charge in [0.25, 0.3) is 0 Å². The van der Waals surface area contributed by atoms with Crippen molar-refractivity contribution in [1.82, 2.24) is 4.90 Å². The number of nitrogens with zero attached hydrogens (tertiary/aromatic N) is 1. The lowest BCUT2D eigenvalue weighted by Crippen LogP contribution is -2.32. The molecule has 0 aromatic heterocycles. The van der Waals surface area contributed by atoms with E-state index >= 15 is 0 Å². The molecule has 1 aliphatic rings. The van der Waals surface area contributed by atoms with Gasteiger partial charge in [-0.05, 0) is 69.4 Å². The molecule has 11 nitrogen and oxygen atoms in total. The lowest BCUT2D eigenvalue weighted by molar-refractivity contribution is -0.144. The Hall–Kier alpha value is -4.89. The van der Waals surface area contributed by atoms with E-state index in [0.29, 0.717) is 36.5 Å². The Kier molecular flexibility index (Phi) is 14.6. The Morgan fingerprint density at radius 3 is 2.31 bits per heavy atom. The first kappa shape index (κ1) is 39.3. The summed E-state index contributed by atoms with van der Waals surface area (Å²) in [5, 5.41) is 18.4. The summed E-state index contributed by atoms with van der Waals surface area (Å²) in [7, 11) is 3.65. The molecule has 2 aromatic rings. The summed E-state index contributed by atoms with van der Waals surface area (Å²) in [5.74, 6) is -4.22. The maximum atomic E-state index is 14.9. The summed E-state index contributed by atoms with van der Waals surface area (Å²) in [6.45, 7) is 2.67. The van der Waals surface area contributed by atoms with Gasteiger partial charge in [-0.1, -0.05) is 18.2 Å². The van der Waals surface area contributed by atoms with Crippen LogP contribution in [0.2, 0.25) is 0 Å². The van der Waals surface area contributed by atoms with Crippen molar-refractivity contribution in [3.63, 3.8) is 0 Å². The van der Waals surface area contributed by atoms with Crippen molar-refractivity contribution in [2.75, 3.05) is 32.6 Å². The van der Waals surface area contributed by atoms with Gasteiger partial charge in [0.05, 0.1) is 25.0 Å². The largest absolute Gasteiger partial charge is 0.493 e. The van der Waals surface area contributed by atoms with Crippen LogP contribution < -0.4 is 11.1 Å². The third kappa shape index (κ3) is 12.7. The summed E-state index contributed by atoms with van der Waals surface area (Å²) in [6, 6.07) is 5.61. The minimum Gasteiger partial charge on any atom is -0.493 e. The average molecular weight is 680 g/mol. The van der Waals surface area contributed by atoms with Crippen LogP contribution in [0.25, 0.3) is 5.57 Å². The first-order valence-corrected chi connectivity index (χ1v) is 14.7. The second-order valence-electron chi connectivity index (χ2n) is 10.9. The molecule has 15 heteroatoms. The van der Waals surface area contributed by atoms with Crippen LogP contribution in [0.15, 0.2) is 54.3 Å². The number of anilines is 1. The van der Waals surface area contributed by atoms with Gasteiger partial charge >= 0.3 is 18.1 Å². The van der Waals surface area contributed by atoms with E-state index < -0.39 is 60.1 Å². The van der Waals surface area contributed by atoms with Gasteiger partial charge in [-0.2, -0.15) is 13.2 Å². The van der Waals surface area contributed by atoms with E-state index in [1.54, 1.807) is 19.1 Å². The van der Waals surface area contributed by atoms with E-state index in [2.05, 4.69) is 5.32 Å². The Morgan fingerprint density at radius 1 is 1.08 bits per heavy atom. The van der Waals surface area contributed by atoms with Crippen LogP contribution in [0.4, 0.5) is 23.2 Å². The van der Waals surface area contributed by atoms with E-state index in [1.807, 2.05) is 19.0 Å². The van der Waals surface area contributed by atoms with Crippen molar-refractivity contribution in [2.45, 2.75) is 51.2 Å². The van der Waals surface area contributed by atoms with Crippen molar-refractivity contribution in [2.24, 2.45) is 5.73 Å². The Balaban J connectivity index is 0.000000778. The predicted octanol–water partition coefficient (Wildman–Crippen LogP) is 4.70. The molecule has 48 heavy (non-hydrogen) atoms. The molecule has 0 heterocycles. The van der Waals surface area contributed by atoms with Gasteiger partial charge in [-0.15, -0.1) is 0 Å². The molecule has 0 aliphatic heterocycles. The zero-order valence-electron chi connectivity index (χ0n) is 26.5. The molecular formula is C33H37F4N3O8. The lowest BCUT2D eigenvalue weighted by atomic mass is 9.95. The number of amides is 1. The number of alkyl halides is 3. The zero-order chi connectivity index (χ0) is 36.2. The van der Waals surface area contributed by atoms with Crippen LogP contribution in [0.3, 0.4) is 0 Å². The van der Waals surface area contributed by atoms with Crippen molar-refractivity contribution in [1.29, 1.82) is 0 Å². The van der Waals surface area contributed by atoms with Crippen LogP contribution in [0.1, 0.15) is 59.7 Å². The molecule has 5 N–H and O–H groups in total. The standard InChI is InChI=1S/C29H30F4N2O4.C4H7NO4/c1-4-39-27-17-23(36)9-10-24(27)18-7-8-19(25(30)14-18)15-28(38)34-22-13-20(12-21(16-22)29(31,32)33)26(37)6-5-11-35(2)3;5-2(4(8)9)1-3(6)7/h7-8,10,12-14,16-17H,4-6,9,11,15H2,1-3H3,(H,34,38);2H,1,5H2,(H,6,7)(H,8,9)/t;2-/m.0/s1. The number of hydrogen-bond donors (Lipinski definition) is 4.